The van der Waals surface area contributed by atoms with E-state index in [0.717, 1.165) is 0 Å². The van der Waals surface area contributed by atoms with Crippen LogP contribution in [0.1, 0.15) is 38.5 Å². The molecule has 0 radical (unpaired) electrons. The quantitative estimate of drug-likeness (QED) is 0.311. The van der Waals surface area contributed by atoms with Gasteiger partial charge in [0.05, 0.1) is 18.1 Å². The van der Waals surface area contributed by atoms with Gasteiger partial charge in [-0.2, -0.15) is 0 Å². The first kappa shape index (κ1) is 19.4. The van der Waals surface area contributed by atoms with Gasteiger partial charge in [0.1, 0.15) is 11.4 Å². The van der Waals surface area contributed by atoms with Crippen LogP contribution in [0, 0.1) is 10.1 Å². The SMILES string of the molecule is COc1ccc(NC(=O)CCCCCN2C(=O)CCC2=O)c([N+](=O)[O-])c1. The number of ether oxygens (including phenoxy) is 1. The third kappa shape index (κ3) is 5.01. The molecule has 2 rings (SSSR count). The molecular formula is C17H21N3O6. The number of imide groups is 1. The lowest BCUT2D eigenvalue weighted by Gasteiger charge is -2.13. The van der Waals surface area contributed by atoms with E-state index in [4.69, 9.17) is 4.74 Å². The van der Waals surface area contributed by atoms with Crippen molar-refractivity contribution in [2.24, 2.45) is 0 Å². The summed E-state index contributed by atoms with van der Waals surface area (Å²) in [6.07, 6.45) is 2.63. The van der Waals surface area contributed by atoms with Gasteiger partial charge in [-0.1, -0.05) is 6.42 Å². The van der Waals surface area contributed by atoms with Crippen LogP contribution in [-0.2, 0) is 14.4 Å². The smallest absolute Gasteiger partial charge is 0.296 e. The van der Waals surface area contributed by atoms with Crippen molar-refractivity contribution < 1.29 is 24.0 Å². The van der Waals surface area contributed by atoms with Gasteiger partial charge in [0, 0.05) is 25.8 Å². The highest BCUT2D eigenvalue weighted by Crippen LogP contribution is 2.29. The van der Waals surface area contributed by atoms with Crippen molar-refractivity contribution >= 4 is 29.1 Å². The molecule has 0 aromatic heterocycles. The van der Waals surface area contributed by atoms with Crippen LogP contribution in [0.25, 0.3) is 0 Å². The van der Waals surface area contributed by atoms with Gasteiger partial charge in [-0.3, -0.25) is 29.4 Å². The summed E-state index contributed by atoms with van der Waals surface area (Å²) >= 11 is 0. The second-order valence-corrected chi connectivity index (χ2v) is 5.94. The van der Waals surface area contributed by atoms with E-state index < -0.39 is 4.92 Å². The predicted octanol–water partition coefficient (Wildman–Crippen LogP) is 2.25. The topological polar surface area (TPSA) is 119 Å². The lowest BCUT2D eigenvalue weighted by Crippen LogP contribution is -2.29. The highest BCUT2D eigenvalue weighted by atomic mass is 16.6. The number of rotatable bonds is 9. The molecule has 1 aromatic carbocycles. The van der Waals surface area contributed by atoms with Crippen molar-refractivity contribution in [1.82, 2.24) is 4.90 Å². The van der Waals surface area contributed by atoms with Crippen LogP contribution in [0.2, 0.25) is 0 Å². The fourth-order valence-electron chi connectivity index (χ4n) is 2.71. The van der Waals surface area contributed by atoms with Gasteiger partial charge in [-0.05, 0) is 25.0 Å². The average Bonchev–Trinajstić information content (AvgIpc) is 2.93. The minimum absolute atomic E-state index is 0.120. The molecule has 140 valence electrons. The number of carbonyl (C=O) groups is 3. The zero-order valence-corrected chi connectivity index (χ0v) is 14.5. The molecular weight excluding hydrogens is 342 g/mol. The molecule has 26 heavy (non-hydrogen) atoms. The van der Waals surface area contributed by atoms with E-state index in [1.807, 2.05) is 0 Å². The summed E-state index contributed by atoms with van der Waals surface area (Å²) in [6, 6.07) is 4.21. The largest absolute Gasteiger partial charge is 0.496 e. The zero-order valence-electron chi connectivity index (χ0n) is 14.5. The zero-order chi connectivity index (χ0) is 19.1. The van der Waals surface area contributed by atoms with Crippen LogP contribution in [0.4, 0.5) is 11.4 Å². The summed E-state index contributed by atoms with van der Waals surface area (Å²) in [5.41, 5.74) is -0.113. The van der Waals surface area contributed by atoms with Gasteiger partial charge in [-0.15, -0.1) is 0 Å². The maximum Gasteiger partial charge on any atom is 0.296 e. The second-order valence-electron chi connectivity index (χ2n) is 5.94. The molecule has 1 aliphatic rings. The summed E-state index contributed by atoms with van der Waals surface area (Å²) in [5, 5.41) is 13.6. The molecule has 1 saturated heterocycles. The summed E-state index contributed by atoms with van der Waals surface area (Å²) in [6.45, 7) is 0.378. The molecule has 1 aliphatic heterocycles. The normalized spacial score (nSPS) is 13.8. The van der Waals surface area contributed by atoms with Crippen molar-refractivity contribution in [3.05, 3.63) is 28.3 Å². The maximum atomic E-state index is 12.0. The van der Waals surface area contributed by atoms with Gasteiger partial charge >= 0.3 is 0 Å². The number of hydrogen-bond acceptors (Lipinski definition) is 6. The summed E-state index contributed by atoms with van der Waals surface area (Å²) in [4.78, 5) is 46.7. The number of nitrogens with zero attached hydrogens (tertiary/aromatic N) is 2. The number of amides is 3. The van der Waals surface area contributed by atoms with Crippen molar-refractivity contribution in [3.8, 4) is 5.75 Å². The van der Waals surface area contributed by atoms with Gasteiger partial charge in [0.25, 0.3) is 5.69 Å². The Morgan fingerprint density at radius 2 is 1.92 bits per heavy atom. The number of hydrogen-bond donors (Lipinski definition) is 1. The third-order valence-corrected chi connectivity index (χ3v) is 4.12. The van der Waals surface area contributed by atoms with E-state index in [1.165, 1.54) is 30.2 Å². The number of methoxy groups -OCH3 is 1. The molecule has 1 heterocycles. The maximum absolute atomic E-state index is 12.0. The first-order valence-electron chi connectivity index (χ1n) is 8.38. The first-order chi connectivity index (χ1) is 12.4. The molecule has 1 N–H and O–H groups in total. The van der Waals surface area contributed by atoms with Crippen molar-refractivity contribution in [1.29, 1.82) is 0 Å². The molecule has 0 bridgehead atoms. The molecule has 0 aliphatic carbocycles. The predicted molar refractivity (Wildman–Crippen MR) is 92.7 cm³/mol. The Balaban J connectivity index is 1.76. The van der Waals surface area contributed by atoms with Crippen molar-refractivity contribution in [3.63, 3.8) is 0 Å². The number of likely N-dealkylation sites (tertiary alicyclic amines) is 1. The van der Waals surface area contributed by atoms with Crippen LogP contribution in [0.5, 0.6) is 5.75 Å². The third-order valence-electron chi connectivity index (χ3n) is 4.12. The van der Waals surface area contributed by atoms with Gasteiger partial charge in [0.2, 0.25) is 17.7 Å². The van der Waals surface area contributed by atoms with Gasteiger partial charge in [0.15, 0.2) is 0 Å². The molecule has 3 amide bonds. The standard InChI is InChI=1S/C17H21N3O6/c1-26-12-6-7-13(14(11-12)20(24)25)18-15(21)5-3-2-4-10-19-16(22)8-9-17(19)23/h6-7,11H,2-5,8-10H2,1H3,(H,18,21). The molecule has 0 saturated carbocycles. The fraction of sp³-hybridized carbons (Fsp3) is 0.471. The lowest BCUT2D eigenvalue weighted by atomic mass is 10.1. The average molecular weight is 363 g/mol. The molecule has 0 spiro atoms. The first-order valence-corrected chi connectivity index (χ1v) is 8.38. The number of nitrogens with one attached hydrogen (secondary N) is 1. The highest BCUT2D eigenvalue weighted by molar-refractivity contribution is 6.01. The molecule has 1 fully saturated rings. The van der Waals surface area contributed by atoms with Gasteiger partial charge < -0.3 is 10.1 Å². The Kier molecular flexibility index (Phi) is 6.65. The van der Waals surface area contributed by atoms with E-state index in [0.29, 0.717) is 31.6 Å². The van der Waals surface area contributed by atoms with Crippen molar-refractivity contribution in [2.75, 3.05) is 19.0 Å². The Hall–Kier alpha value is -2.97. The molecule has 9 heteroatoms. The van der Waals surface area contributed by atoms with Crippen molar-refractivity contribution in [2.45, 2.75) is 38.5 Å². The summed E-state index contributed by atoms with van der Waals surface area (Å²) < 4.78 is 4.95. The minimum Gasteiger partial charge on any atom is -0.496 e. The van der Waals surface area contributed by atoms with Gasteiger partial charge in [-0.25, -0.2) is 0 Å². The number of nitro groups is 1. The highest BCUT2D eigenvalue weighted by Gasteiger charge is 2.27. The van der Waals surface area contributed by atoms with E-state index in [2.05, 4.69) is 5.32 Å². The minimum atomic E-state index is -0.581. The molecule has 0 atom stereocenters. The Morgan fingerprint density at radius 3 is 2.54 bits per heavy atom. The number of unbranched alkanes of at least 4 members (excludes halogenated alkanes) is 2. The Bertz CT molecular complexity index is 702. The number of anilines is 1. The Labute approximate surface area is 150 Å². The monoisotopic (exact) mass is 363 g/mol. The van der Waals surface area contributed by atoms with E-state index in [1.54, 1.807) is 0 Å². The molecule has 0 unspecified atom stereocenters. The second kappa shape index (κ2) is 8.93. The van der Waals surface area contributed by atoms with E-state index in [9.17, 15) is 24.5 Å². The summed E-state index contributed by atoms with van der Waals surface area (Å²) in [7, 11) is 1.40. The Morgan fingerprint density at radius 1 is 1.23 bits per heavy atom. The van der Waals surface area contributed by atoms with Crippen LogP contribution < -0.4 is 10.1 Å². The lowest BCUT2D eigenvalue weighted by molar-refractivity contribution is -0.384. The fourth-order valence-corrected chi connectivity index (χ4v) is 2.71. The molecule has 1 aromatic rings. The number of nitro benzene ring substituents is 1. The van der Waals surface area contributed by atoms with Crippen LogP contribution in [-0.4, -0.2) is 41.2 Å². The van der Waals surface area contributed by atoms with Crippen LogP contribution in [0.3, 0.4) is 0 Å². The molecule has 9 nitrogen and oxygen atoms in total. The van der Waals surface area contributed by atoms with Crippen LogP contribution in [0.15, 0.2) is 18.2 Å². The van der Waals surface area contributed by atoms with E-state index >= 15 is 0 Å². The summed E-state index contributed by atoms with van der Waals surface area (Å²) in [5.74, 6) is -0.272. The van der Waals surface area contributed by atoms with E-state index in [-0.39, 0.29) is 48.4 Å². The number of benzene rings is 1. The van der Waals surface area contributed by atoms with Crippen LogP contribution >= 0.6 is 0 Å². The number of carbonyl (C=O) groups excluding carboxylic acids is 3.